The fourth-order valence-electron chi connectivity index (χ4n) is 2.97. The summed E-state index contributed by atoms with van der Waals surface area (Å²) in [5.41, 5.74) is 5.90. The Morgan fingerprint density at radius 3 is 2.79 bits per heavy atom. The Morgan fingerprint density at radius 2 is 2.21 bits per heavy atom. The Hall–Kier alpha value is -0.610. The van der Waals surface area contributed by atoms with E-state index in [1.807, 2.05) is 0 Å². The molecule has 0 aromatic heterocycles. The maximum absolute atomic E-state index is 12.0. The predicted octanol–water partition coefficient (Wildman–Crippen LogP) is 1.60. The Labute approximate surface area is 118 Å². The number of nitrogens with two attached hydrogens (primary N) is 1. The standard InChI is InChI=1S/C15H31N3O/c1-4-13-6-5-9-18(14(13)10-16)11-15(19)17-8-7-12(2)3/h12-14H,4-11,16H2,1-3H3,(H,17,19). The van der Waals surface area contributed by atoms with E-state index in [1.165, 1.54) is 12.8 Å². The number of nitrogens with zero attached hydrogens (tertiary/aromatic N) is 1. The van der Waals surface area contributed by atoms with Crippen LogP contribution in [0.3, 0.4) is 0 Å². The zero-order valence-corrected chi connectivity index (χ0v) is 12.8. The van der Waals surface area contributed by atoms with Crippen molar-refractivity contribution in [3.63, 3.8) is 0 Å². The molecule has 0 radical (unpaired) electrons. The van der Waals surface area contributed by atoms with Gasteiger partial charge in [0.25, 0.3) is 0 Å². The lowest BCUT2D eigenvalue weighted by Crippen LogP contribution is -2.52. The van der Waals surface area contributed by atoms with E-state index in [0.717, 1.165) is 25.9 Å². The molecule has 0 aromatic rings. The highest BCUT2D eigenvalue weighted by atomic mass is 16.2. The summed E-state index contributed by atoms with van der Waals surface area (Å²) in [7, 11) is 0. The Balaban J connectivity index is 2.38. The monoisotopic (exact) mass is 269 g/mol. The fourth-order valence-corrected chi connectivity index (χ4v) is 2.97. The highest BCUT2D eigenvalue weighted by molar-refractivity contribution is 5.78. The summed E-state index contributed by atoms with van der Waals surface area (Å²) >= 11 is 0. The number of hydrogen-bond acceptors (Lipinski definition) is 3. The molecule has 1 rings (SSSR count). The fraction of sp³-hybridized carbons (Fsp3) is 0.933. The molecule has 1 amide bonds. The second-order valence-corrected chi connectivity index (χ2v) is 6.12. The van der Waals surface area contributed by atoms with Crippen LogP contribution >= 0.6 is 0 Å². The van der Waals surface area contributed by atoms with Gasteiger partial charge in [-0.15, -0.1) is 0 Å². The van der Waals surface area contributed by atoms with Crippen molar-refractivity contribution in [1.82, 2.24) is 10.2 Å². The van der Waals surface area contributed by atoms with Gasteiger partial charge < -0.3 is 11.1 Å². The average Bonchev–Trinajstić information content (AvgIpc) is 2.37. The molecule has 0 aliphatic carbocycles. The molecule has 2 unspecified atom stereocenters. The minimum atomic E-state index is 0.149. The topological polar surface area (TPSA) is 58.4 Å². The van der Waals surface area contributed by atoms with Gasteiger partial charge in [0.05, 0.1) is 6.54 Å². The molecule has 3 N–H and O–H groups in total. The normalized spacial score (nSPS) is 24.7. The van der Waals surface area contributed by atoms with Crippen LogP contribution in [0.5, 0.6) is 0 Å². The second kappa shape index (κ2) is 8.54. The summed E-state index contributed by atoms with van der Waals surface area (Å²) in [5, 5.41) is 3.02. The molecule has 1 aliphatic rings. The van der Waals surface area contributed by atoms with Gasteiger partial charge in [-0.3, -0.25) is 9.69 Å². The van der Waals surface area contributed by atoms with Crippen molar-refractivity contribution < 1.29 is 4.79 Å². The molecule has 4 heteroatoms. The lowest BCUT2D eigenvalue weighted by molar-refractivity contribution is -0.123. The SMILES string of the molecule is CCC1CCCN(CC(=O)NCCC(C)C)C1CN. The number of hydrogen-bond donors (Lipinski definition) is 2. The van der Waals surface area contributed by atoms with E-state index in [9.17, 15) is 4.79 Å². The highest BCUT2D eigenvalue weighted by Crippen LogP contribution is 2.25. The molecule has 4 nitrogen and oxygen atoms in total. The number of rotatable bonds is 7. The number of amides is 1. The maximum atomic E-state index is 12.0. The van der Waals surface area contributed by atoms with E-state index in [2.05, 4.69) is 31.0 Å². The number of piperidine rings is 1. The minimum absolute atomic E-state index is 0.149. The molecular formula is C15H31N3O. The lowest BCUT2D eigenvalue weighted by atomic mass is 9.87. The first-order valence-electron chi connectivity index (χ1n) is 7.79. The van der Waals surface area contributed by atoms with Gasteiger partial charge in [0, 0.05) is 19.1 Å². The summed E-state index contributed by atoms with van der Waals surface area (Å²) in [4.78, 5) is 14.2. The molecule has 1 saturated heterocycles. The molecule has 1 fully saturated rings. The quantitative estimate of drug-likeness (QED) is 0.738. The predicted molar refractivity (Wildman–Crippen MR) is 79.9 cm³/mol. The summed E-state index contributed by atoms with van der Waals surface area (Å²) < 4.78 is 0. The molecule has 19 heavy (non-hydrogen) atoms. The molecule has 0 aromatic carbocycles. The van der Waals surface area contributed by atoms with E-state index in [0.29, 0.717) is 31.0 Å². The number of nitrogens with one attached hydrogen (secondary N) is 1. The van der Waals surface area contributed by atoms with Gasteiger partial charge in [-0.1, -0.05) is 27.2 Å². The maximum Gasteiger partial charge on any atom is 0.234 e. The van der Waals surface area contributed by atoms with Crippen LogP contribution in [0.1, 0.15) is 46.5 Å². The first kappa shape index (κ1) is 16.4. The second-order valence-electron chi connectivity index (χ2n) is 6.12. The molecule has 1 heterocycles. The van der Waals surface area contributed by atoms with Crippen LogP contribution in [-0.4, -0.2) is 43.0 Å². The average molecular weight is 269 g/mol. The van der Waals surface area contributed by atoms with E-state index < -0.39 is 0 Å². The zero-order valence-electron chi connectivity index (χ0n) is 12.8. The van der Waals surface area contributed by atoms with Crippen molar-refractivity contribution in [3.8, 4) is 0 Å². The van der Waals surface area contributed by atoms with Crippen LogP contribution in [0.25, 0.3) is 0 Å². The highest BCUT2D eigenvalue weighted by Gasteiger charge is 2.30. The van der Waals surface area contributed by atoms with E-state index in [-0.39, 0.29) is 5.91 Å². The number of carbonyl (C=O) groups excluding carboxylic acids is 1. The Morgan fingerprint density at radius 1 is 1.47 bits per heavy atom. The lowest BCUT2D eigenvalue weighted by Gasteiger charge is -2.40. The number of likely N-dealkylation sites (tertiary alicyclic amines) is 1. The number of carbonyl (C=O) groups is 1. The third-order valence-corrected chi connectivity index (χ3v) is 4.19. The first-order chi connectivity index (χ1) is 9.08. The third-order valence-electron chi connectivity index (χ3n) is 4.19. The zero-order chi connectivity index (χ0) is 14.3. The molecule has 0 bridgehead atoms. The minimum Gasteiger partial charge on any atom is -0.355 e. The van der Waals surface area contributed by atoms with Crippen molar-refractivity contribution in [3.05, 3.63) is 0 Å². The van der Waals surface area contributed by atoms with E-state index >= 15 is 0 Å². The van der Waals surface area contributed by atoms with Crippen LogP contribution < -0.4 is 11.1 Å². The van der Waals surface area contributed by atoms with E-state index in [1.54, 1.807) is 0 Å². The van der Waals surface area contributed by atoms with Gasteiger partial charge in [-0.05, 0) is 37.6 Å². The molecule has 0 spiro atoms. The van der Waals surface area contributed by atoms with Gasteiger partial charge in [-0.25, -0.2) is 0 Å². The van der Waals surface area contributed by atoms with Gasteiger partial charge >= 0.3 is 0 Å². The van der Waals surface area contributed by atoms with Crippen molar-refractivity contribution in [1.29, 1.82) is 0 Å². The smallest absolute Gasteiger partial charge is 0.234 e. The largest absolute Gasteiger partial charge is 0.355 e. The van der Waals surface area contributed by atoms with Crippen LogP contribution in [0.2, 0.25) is 0 Å². The summed E-state index contributed by atoms with van der Waals surface area (Å²) in [6, 6.07) is 0.384. The van der Waals surface area contributed by atoms with Gasteiger partial charge in [0.15, 0.2) is 0 Å². The molecule has 0 saturated carbocycles. The van der Waals surface area contributed by atoms with Crippen molar-refractivity contribution >= 4 is 5.91 Å². The third kappa shape index (κ3) is 5.49. The van der Waals surface area contributed by atoms with Crippen molar-refractivity contribution in [2.75, 3.05) is 26.2 Å². The van der Waals surface area contributed by atoms with Crippen LogP contribution in [0, 0.1) is 11.8 Å². The van der Waals surface area contributed by atoms with Crippen molar-refractivity contribution in [2.24, 2.45) is 17.6 Å². The van der Waals surface area contributed by atoms with Gasteiger partial charge in [0.1, 0.15) is 0 Å². The molecule has 1 aliphatic heterocycles. The molecular weight excluding hydrogens is 238 g/mol. The van der Waals surface area contributed by atoms with Gasteiger partial charge in [-0.2, -0.15) is 0 Å². The summed E-state index contributed by atoms with van der Waals surface area (Å²) in [5.74, 6) is 1.44. The van der Waals surface area contributed by atoms with Crippen LogP contribution in [0.15, 0.2) is 0 Å². The van der Waals surface area contributed by atoms with Gasteiger partial charge in [0.2, 0.25) is 5.91 Å². The van der Waals surface area contributed by atoms with E-state index in [4.69, 9.17) is 5.73 Å². The van der Waals surface area contributed by atoms with Crippen LogP contribution in [-0.2, 0) is 4.79 Å². The molecule has 112 valence electrons. The Bertz CT molecular complexity index is 268. The summed E-state index contributed by atoms with van der Waals surface area (Å²) in [6.07, 6.45) is 4.65. The first-order valence-corrected chi connectivity index (χ1v) is 7.79. The van der Waals surface area contributed by atoms with Crippen molar-refractivity contribution in [2.45, 2.75) is 52.5 Å². The van der Waals surface area contributed by atoms with Crippen LogP contribution in [0.4, 0.5) is 0 Å². The molecule has 2 atom stereocenters. The Kier molecular flexibility index (Phi) is 7.39. The summed E-state index contributed by atoms with van der Waals surface area (Å²) in [6.45, 7) is 9.54.